The maximum absolute atomic E-state index is 3.06. The average molecular weight is 928 g/mol. The van der Waals surface area contributed by atoms with Gasteiger partial charge in [0.2, 0.25) is 0 Å². The van der Waals surface area contributed by atoms with Crippen molar-refractivity contribution >= 4 is 7.87 Å². The molecule has 352 valence electrons. The molecule has 0 spiro atoms. The third-order valence-corrected chi connectivity index (χ3v) is 18.2. The molecular formula is C64H72N4P+. The predicted molar refractivity (Wildman–Crippen MR) is 294 cm³/mol. The molecule has 0 saturated heterocycles. The number of nitrogens with zero attached hydrogens (tertiary/aromatic N) is 4. The van der Waals surface area contributed by atoms with E-state index in [1.54, 1.807) is 0 Å². The molecule has 0 unspecified atom stereocenters. The third-order valence-electron chi connectivity index (χ3n) is 13.5. The van der Waals surface area contributed by atoms with Crippen molar-refractivity contribution in [3.8, 4) is 0 Å². The normalized spacial score (nSPS) is 11.8. The van der Waals surface area contributed by atoms with E-state index in [0.717, 1.165) is 104 Å². The van der Waals surface area contributed by atoms with Crippen molar-refractivity contribution in [2.75, 3.05) is 52.4 Å². The highest BCUT2D eigenvalue weighted by molar-refractivity contribution is 7.66. The summed E-state index contributed by atoms with van der Waals surface area (Å²) in [5.41, 5.74) is 11.1. The molecule has 0 radical (unpaired) electrons. The molecular weight excluding hydrogens is 856 g/mol. The lowest BCUT2D eigenvalue weighted by molar-refractivity contribution is 0.237. The van der Waals surface area contributed by atoms with Crippen LogP contribution in [0.1, 0.15) is 44.5 Å². The summed E-state index contributed by atoms with van der Waals surface area (Å²) in [5, 5.41) is 0. The SMILES string of the molecule is c1ccc(CCN(CCc2ccccc2)[P+](N(CCc2ccccc2)CCc2ccccc2)(N(CCc2ccccc2)CCc2ccccc2)N(CCc2ccccc2)CCc2ccccc2)cc1. The molecule has 5 heteroatoms. The van der Waals surface area contributed by atoms with Gasteiger partial charge in [-0.2, -0.15) is 0 Å². The summed E-state index contributed by atoms with van der Waals surface area (Å²) in [6.07, 6.45) is 7.77. The van der Waals surface area contributed by atoms with Crippen LogP contribution in [0.4, 0.5) is 0 Å². The summed E-state index contributed by atoms with van der Waals surface area (Å²) < 4.78 is 12.3. The minimum absolute atomic E-state index is 0.943. The Bertz CT molecular complexity index is 2020. The van der Waals surface area contributed by atoms with Crippen LogP contribution in [0.2, 0.25) is 0 Å². The Hall–Kier alpha value is -5.97. The quantitative estimate of drug-likeness (QED) is 0.0454. The van der Waals surface area contributed by atoms with Crippen LogP contribution in [-0.2, 0) is 51.4 Å². The second kappa shape index (κ2) is 27.3. The molecule has 0 aliphatic rings. The molecule has 0 fully saturated rings. The van der Waals surface area contributed by atoms with E-state index in [-0.39, 0.29) is 0 Å². The summed E-state index contributed by atoms with van der Waals surface area (Å²) in [6.45, 7) is 7.54. The monoisotopic (exact) mass is 928 g/mol. The van der Waals surface area contributed by atoms with Gasteiger partial charge in [-0.1, -0.05) is 243 Å². The molecule has 0 atom stereocenters. The van der Waals surface area contributed by atoms with E-state index in [9.17, 15) is 0 Å². The zero-order valence-electron chi connectivity index (χ0n) is 40.6. The molecule has 0 amide bonds. The first kappa shape index (κ1) is 49.5. The largest absolute Gasteiger partial charge is 0.308 e. The van der Waals surface area contributed by atoms with Crippen LogP contribution in [0.3, 0.4) is 0 Å². The summed E-state index contributed by atoms with van der Waals surface area (Å²) in [4.78, 5) is 0. The molecule has 0 aliphatic heterocycles. The van der Waals surface area contributed by atoms with E-state index in [1.807, 2.05) is 0 Å². The lowest BCUT2D eigenvalue weighted by atomic mass is 10.1. The van der Waals surface area contributed by atoms with E-state index in [2.05, 4.69) is 261 Å². The summed E-state index contributed by atoms with van der Waals surface area (Å²) in [7, 11) is -2.70. The van der Waals surface area contributed by atoms with Crippen LogP contribution in [-0.4, -0.2) is 71.0 Å². The van der Waals surface area contributed by atoms with Crippen LogP contribution < -0.4 is 0 Å². The van der Waals surface area contributed by atoms with Gasteiger partial charge in [-0.25, -0.2) is 0 Å². The minimum atomic E-state index is -2.70. The highest BCUT2D eigenvalue weighted by atomic mass is 31.2. The van der Waals surface area contributed by atoms with Crippen LogP contribution in [0, 0.1) is 0 Å². The van der Waals surface area contributed by atoms with Crippen molar-refractivity contribution in [2.24, 2.45) is 0 Å². The maximum atomic E-state index is 3.06. The zero-order chi connectivity index (χ0) is 47.0. The Balaban J connectivity index is 1.37. The molecule has 8 aromatic carbocycles. The number of hydrogen-bond acceptors (Lipinski definition) is 4. The Labute approximate surface area is 415 Å². The number of hydrogen-bond donors (Lipinski definition) is 0. The van der Waals surface area contributed by atoms with Crippen molar-refractivity contribution in [3.05, 3.63) is 287 Å². The van der Waals surface area contributed by atoms with Crippen molar-refractivity contribution in [2.45, 2.75) is 51.4 Å². The van der Waals surface area contributed by atoms with Crippen molar-refractivity contribution in [1.82, 2.24) is 18.7 Å². The zero-order valence-corrected chi connectivity index (χ0v) is 41.5. The van der Waals surface area contributed by atoms with E-state index in [0.29, 0.717) is 0 Å². The molecule has 4 nitrogen and oxygen atoms in total. The fourth-order valence-corrected chi connectivity index (χ4v) is 14.9. The second-order valence-electron chi connectivity index (χ2n) is 18.2. The molecule has 0 saturated carbocycles. The van der Waals surface area contributed by atoms with Crippen molar-refractivity contribution < 1.29 is 0 Å². The predicted octanol–water partition coefficient (Wildman–Crippen LogP) is 13.8. The molecule has 0 bridgehead atoms. The van der Waals surface area contributed by atoms with Gasteiger partial charge in [0.1, 0.15) is 0 Å². The molecule has 8 aromatic rings. The Kier molecular flexibility index (Phi) is 19.6. The average Bonchev–Trinajstić information content (AvgIpc) is 3.42. The summed E-state index contributed by atoms with van der Waals surface area (Å²) in [6, 6.07) is 90.2. The maximum Gasteiger partial charge on any atom is 0.308 e. The molecule has 0 aliphatic carbocycles. The lowest BCUT2D eigenvalue weighted by Gasteiger charge is -2.52. The number of rotatable bonds is 28. The van der Waals surface area contributed by atoms with Gasteiger partial charge in [0.15, 0.2) is 0 Å². The van der Waals surface area contributed by atoms with Gasteiger partial charge in [-0.3, -0.25) is 0 Å². The van der Waals surface area contributed by atoms with Crippen LogP contribution in [0.5, 0.6) is 0 Å². The van der Waals surface area contributed by atoms with Gasteiger partial charge in [-0.05, 0) is 95.9 Å². The van der Waals surface area contributed by atoms with Gasteiger partial charge in [0.25, 0.3) is 0 Å². The summed E-state index contributed by atoms with van der Waals surface area (Å²) >= 11 is 0. The molecule has 0 aromatic heterocycles. The lowest BCUT2D eigenvalue weighted by Crippen LogP contribution is -2.56. The smallest absolute Gasteiger partial charge is 0.132 e. The van der Waals surface area contributed by atoms with Crippen molar-refractivity contribution in [3.63, 3.8) is 0 Å². The highest BCUT2D eigenvalue weighted by Gasteiger charge is 2.60. The first-order chi connectivity index (χ1) is 34.2. The van der Waals surface area contributed by atoms with Gasteiger partial charge >= 0.3 is 7.87 Å². The fourth-order valence-electron chi connectivity index (χ4n) is 9.82. The van der Waals surface area contributed by atoms with Crippen LogP contribution >= 0.6 is 7.87 Å². The van der Waals surface area contributed by atoms with Gasteiger partial charge in [0.05, 0.1) is 0 Å². The molecule has 8 rings (SSSR count). The number of benzene rings is 8. The van der Waals surface area contributed by atoms with Gasteiger partial charge < -0.3 is 0 Å². The standard InChI is InChI=1S/C64H72N4P/c1-9-25-57(26-10-1)41-49-65(50-42-58-27-11-2-12-28-58)69(66(51-43-59-29-13-3-14-30-59)52-44-60-31-15-4-16-32-60,67(53-45-61-33-17-5-18-34-61)54-46-62-35-19-6-20-36-62)68(55-47-63-37-21-7-22-38-63)56-48-64-39-23-8-24-40-64/h1-40H,41-56H2/q+1. The highest BCUT2D eigenvalue weighted by Crippen LogP contribution is 2.70. The molecule has 0 N–H and O–H groups in total. The van der Waals surface area contributed by atoms with E-state index in [4.69, 9.17) is 0 Å². The first-order valence-corrected chi connectivity index (χ1v) is 27.0. The van der Waals surface area contributed by atoms with Gasteiger partial charge in [0, 0.05) is 52.4 Å². The minimum Gasteiger partial charge on any atom is -0.132 e. The Morgan fingerprint density at radius 1 is 0.174 bits per heavy atom. The fraction of sp³-hybridized carbons (Fsp3) is 0.250. The molecule has 69 heavy (non-hydrogen) atoms. The summed E-state index contributed by atoms with van der Waals surface area (Å²) in [5.74, 6) is 0. The van der Waals surface area contributed by atoms with E-state index in [1.165, 1.54) is 44.5 Å². The van der Waals surface area contributed by atoms with Crippen LogP contribution in [0.25, 0.3) is 0 Å². The second-order valence-corrected chi connectivity index (χ2v) is 21.6. The van der Waals surface area contributed by atoms with Gasteiger partial charge in [-0.15, -0.1) is 18.7 Å². The molecule has 0 heterocycles. The van der Waals surface area contributed by atoms with E-state index >= 15 is 0 Å². The third kappa shape index (κ3) is 15.0. The van der Waals surface area contributed by atoms with E-state index < -0.39 is 7.87 Å². The topological polar surface area (TPSA) is 13.0 Å². The first-order valence-electron chi connectivity index (χ1n) is 25.4. The Morgan fingerprint density at radius 3 is 0.406 bits per heavy atom. The Morgan fingerprint density at radius 2 is 0.290 bits per heavy atom. The van der Waals surface area contributed by atoms with Crippen LogP contribution in [0.15, 0.2) is 243 Å². The van der Waals surface area contributed by atoms with Crippen molar-refractivity contribution in [1.29, 1.82) is 0 Å².